The normalized spacial score (nSPS) is 16.5. The van der Waals surface area contributed by atoms with E-state index in [1.165, 1.54) is 116 Å². The van der Waals surface area contributed by atoms with E-state index in [0.29, 0.717) is 0 Å². The predicted octanol–water partition coefficient (Wildman–Crippen LogP) is 15.2. The van der Waals surface area contributed by atoms with Crippen molar-refractivity contribution in [2.75, 3.05) is 4.81 Å². The summed E-state index contributed by atoms with van der Waals surface area (Å²) >= 11 is 1.97. The van der Waals surface area contributed by atoms with E-state index < -0.39 is 0 Å². The van der Waals surface area contributed by atoms with Gasteiger partial charge in [0.15, 0.2) is 0 Å². The highest BCUT2D eigenvalue weighted by atomic mass is 32.1. The molecule has 0 N–H and O–H groups in total. The second-order valence-corrected chi connectivity index (χ2v) is 23.4. The zero-order valence-corrected chi connectivity index (χ0v) is 39.0. The van der Waals surface area contributed by atoms with E-state index in [4.69, 9.17) is 4.42 Å². The molecule has 7 aromatic carbocycles. The van der Waals surface area contributed by atoms with Crippen LogP contribution in [0.1, 0.15) is 104 Å². The van der Waals surface area contributed by atoms with Crippen LogP contribution in [0.5, 0.6) is 0 Å². The zero-order valence-electron chi connectivity index (χ0n) is 38.2. The van der Waals surface area contributed by atoms with Crippen LogP contribution >= 0.6 is 11.3 Å². The number of anilines is 2. The molecule has 0 saturated carbocycles. The van der Waals surface area contributed by atoms with E-state index in [2.05, 4.69) is 194 Å². The Morgan fingerprint density at radius 1 is 0.603 bits per heavy atom. The number of aromatic nitrogens is 1. The molecule has 0 amide bonds. The lowest BCUT2D eigenvalue weighted by Crippen LogP contribution is -2.60. The third kappa shape index (κ3) is 4.98. The van der Waals surface area contributed by atoms with Gasteiger partial charge in [0.25, 0.3) is 0 Å². The van der Waals surface area contributed by atoms with Crippen LogP contribution in [0.25, 0.3) is 80.7 Å². The Hall–Kier alpha value is -5.78. The quantitative estimate of drug-likeness (QED) is 0.154. The highest BCUT2D eigenvalue weighted by Crippen LogP contribution is 2.55. The molecule has 1 aliphatic carbocycles. The first kappa shape index (κ1) is 37.8. The van der Waals surface area contributed by atoms with Gasteiger partial charge in [-0.1, -0.05) is 130 Å². The Kier molecular flexibility index (Phi) is 7.23. The fourth-order valence-corrected chi connectivity index (χ4v) is 13.2. The summed E-state index contributed by atoms with van der Waals surface area (Å²) < 4.78 is 12.2. The zero-order chi connectivity index (χ0) is 43.3. The number of fused-ring (bicyclic) bond motifs is 17. The number of hydrogen-bond acceptors (Lipinski definition) is 3. The van der Waals surface area contributed by atoms with Crippen LogP contribution in [0.2, 0.25) is 0 Å². The highest BCUT2D eigenvalue weighted by Gasteiger charge is 2.47. The predicted molar refractivity (Wildman–Crippen MR) is 273 cm³/mol. The smallest absolute Gasteiger partial charge is 0.333 e. The van der Waals surface area contributed by atoms with Crippen LogP contribution < -0.4 is 15.7 Å². The Labute approximate surface area is 374 Å². The number of rotatable bonds is 1. The molecule has 0 saturated heterocycles. The van der Waals surface area contributed by atoms with Crippen molar-refractivity contribution in [1.29, 1.82) is 0 Å². The van der Waals surface area contributed by atoms with Crippen molar-refractivity contribution in [3.63, 3.8) is 0 Å². The van der Waals surface area contributed by atoms with Crippen LogP contribution in [0.4, 0.5) is 11.4 Å². The summed E-state index contributed by atoms with van der Waals surface area (Å²) in [5, 5.41) is 7.78. The third-order valence-corrected chi connectivity index (χ3v) is 16.7. The molecule has 0 spiro atoms. The van der Waals surface area contributed by atoms with Crippen LogP contribution in [0.3, 0.4) is 0 Å². The molecule has 3 aromatic heterocycles. The number of hydrogen-bond donors (Lipinski definition) is 0. The lowest BCUT2D eigenvalue weighted by molar-refractivity contribution is 0.332. The van der Waals surface area contributed by atoms with Crippen LogP contribution in [-0.4, -0.2) is 11.4 Å². The molecular weight excluding hydrogens is 784 g/mol. The lowest BCUT2D eigenvalue weighted by Gasteiger charge is -2.43. The number of nitrogens with zero attached hydrogens (tertiary/aromatic N) is 2. The number of thiophene rings is 1. The molecule has 0 fully saturated rings. The first-order valence-electron chi connectivity index (χ1n) is 23.0. The summed E-state index contributed by atoms with van der Waals surface area (Å²) in [6.45, 7) is 23.8. The fourth-order valence-electron chi connectivity index (χ4n) is 11.9. The van der Waals surface area contributed by atoms with Gasteiger partial charge >= 0.3 is 6.85 Å². The first-order chi connectivity index (χ1) is 30.0. The largest absolute Gasteiger partial charge is 0.456 e. The molecule has 0 atom stereocenters. The molecule has 10 aromatic rings. The Morgan fingerprint density at radius 2 is 1.27 bits per heavy atom. The van der Waals surface area contributed by atoms with Crippen molar-refractivity contribution in [1.82, 2.24) is 4.57 Å². The summed E-state index contributed by atoms with van der Waals surface area (Å²) in [5.41, 5.74) is 19.4. The summed E-state index contributed by atoms with van der Waals surface area (Å²) in [5.74, 6) is 0. The van der Waals surface area contributed by atoms with E-state index >= 15 is 0 Å². The van der Waals surface area contributed by atoms with E-state index in [1.54, 1.807) is 0 Å². The molecule has 3 aliphatic rings. The second kappa shape index (κ2) is 12.1. The van der Waals surface area contributed by atoms with E-state index in [1.807, 2.05) is 11.3 Å². The molecular formula is C58H53BN2OS. The molecule has 63 heavy (non-hydrogen) atoms. The van der Waals surface area contributed by atoms with Crippen molar-refractivity contribution < 1.29 is 4.42 Å². The minimum atomic E-state index is -0.0919. The summed E-state index contributed by atoms with van der Waals surface area (Å²) in [4.78, 5) is 2.70. The van der Waals surface area contributed by atoms with Gasteiger partial charge < -0.3 is 13.8 Å². The number of para-hydroxylation sites is 1. The molecule has 0 unspecified atom stereocenters. The first-order valence-corrected chi connectivity index (χ1v) is 23.8. The summed E-state index contributed by atoms with van der Waals surface area (Å²) in [6, 6.07) is 44.8. The van der Waals surface area contributed by atoms with Crippen molar-refractivity contribution in [3.05, 3.63) is 138 Å². The SMILES string of the molecule is CC(C)(C)c1ccc(N2B3c4cc(C(C)(C)C)ccc4-n4c5cc6c(cc5c5c7sc8ccccc8c7c(c3c54)-c3cc4oc5ccccc5c4cc32)C(C)(C)CCC6(C)C)cc1. The molecule has 310 valence electrons. The van der Waals surface area contributed by atoms with Gasteiger partial charge in [-0.2, -0.15) is 0 Å². The van der Waals surface area contributed by atoms with Crippen LogP contribution in [0.15, 0.2) is 120 Å². The second-order valence-electron chi connectivity index (χ2n) is 22.4. The van der Waals surface area contributed by atoms with Gasteiger partial charge in [0.05, 0.1) is 11.0 Å². The van der Waals surface area contributed by atoms with Gasteiger partial charge in [-0.15, -0.1) is 11.3 Å². The van der Waals surface area contributed by atoms with Crippen LogP contribution in [0, 0.1) is 0 Å². The van der Waals surface area contributed by atoms with Crippen molar-refractivity contribution in [2.45, 2.75) is 104 Å². The Morgan fingerprint density at radius 3 is 2.00 bits per heavy atom. The molecule has 0 radical (unpaired) electrons. The Bertz CT molecular complexity index is 3650. The van der Waals surface area contributed by atoms with E-state index in [0.717, 1.165) is 21.9 Å². The Balaban J connectivity index is 1.29. The average Bonchev–Trinajstić information content (AvgIpc) is 3.92. The van der Waals surface area contributed by atoms with Gasteiger partial charge in [-0.05, 0) is 128 Å². The number of furan rings is 1. The molecule has 3 nitrogen and oxygen atoms in total. The maximum absolute atomic E-state index is 6.79. The van der Waals surface area contributed by atoms with Crippen molar-refractivity contribution in [3.8, 4) is 16.8 Å². The number of benzene rings is 7. The third-order valence-electron chi connectivity index (χ3n) is 15.5. The van der Waals surface area contributed by atoms with Crippen LogP contribution in [-0.2, 0) is 21.7 Å². The average molecular weight is 837 g/mol. The van der Waals surface area contributed by atoms with Crippen molar-refractivity contribution >= 4 is 104 Å². The van der Waals surface area contributed by atoms with Gasteiger partial charge in [0, 0.05) is 64.3 Å². The summed E-state index contributed by atoms with van der Waals surface area (Å²) in [7, 11) is 0. The molecule has 0 bridgehead atoms. The van der Waals surface area contributed by atoms with Gasteiger partial charge in [0.2, 0.25) is 0 Å². The minimum absolute atomic E-state index is 0.0346. The van der Waals surface area contributed by atoms with E-state index in [-0.39, 0.29) is 28.5 Å². The van der Waals surface area contributed by atoms with Gasteiger partial charge in [0.1, 0.15) is 11.2 Å². The highest BCUT2D eigenvalue weighted by molar-refractivity contribution is 7.27. The monoisotopic (exact) mass is 836 g/mol. The molecule has 5 heteroatoms. The van der Waals surface area contributed by atoms with E-state index in [9.17, 15) is 0 Å². The molecule has 2 aliphatic heterocycles. The molecule has 5 heterocycles. The topological polar surface area (TPSA) is 21.3 Å². The fraction of sp³-hybridized carbons (Fsp3) is 0.276. The molecule has 13 rings (SSSR count). The van der Waals surface area contributed by atoms with Gasteiger partial charge in [-0.3, -0.25) is 0 Å². The summed E-state index contributed by atoms with van der Waals surface area (Å²) in [6.07, 6.45) is 2.36. The maximum Gasteiger partial charge on any atom is 0.333 e. The lowest BCUT2D eigenvalue weighted by atomic mass is 9.43. The maximum atomic E-state index is 6.79. The van der Waals surface area contributed by atoms with Crippen molar-refractivity contribution in [2.24, 2.45) is 0 Å². The van der Waals surface area contributed by atoms with Gasteiger partial charge in [-0.25, -0.2) is 0 Å². The minimum Gasteiger partial charge on any atom is -0.456 e. The standard InChI is InChI=1S/C58H53BN2OS/c1-55(2,3)32-19-22-34(23-20-32)61-45-29-37-35-15-11-13-17-46(35)62-47(37)30-39(45)49-50-36-16-12-14-18-48(36)63-54(50)51-38-28-40-41(58(9,10)26-25-57(40,7)8)31-44(38)60-43-24-21-33(56(4,5)6)27-42(43)59(61)52(49)53(51)60/h11-24,27-31H,25-26H2,1-10H3.